The van der Waals surface area contributed by atoms with Gasteiger partial charge in [-0.1, -0.05) is 25.3 Å². The van der Waals surface area contributed by atoms with Crippen molar-refractivity contribution in [1.82, 2.24) is 5.32 Å². The van der Waals surface area contributed by atoms with Crippen LogP contribution in [0.25, 0.3) is 0 Å². The minimum Gasteiger partial charge on any atom is -0.314 e. The summed E-state index contributed by atoms with van der Waals surface area (Å²) in [5, 5.41) is 3.65. The van der Waals surface area contributed by atoms with Gasteiger partial charge in [0.15, 0.2) is 0 Å². The lowest BCUT2D eigenvalue weighted by molar-refractivity contribution is 0.279. The largest absolute Gasteiger partial charge is 0.314 e. The number of hydrogen-bond acceptors (Lipinski definition) is 1. The van der Waals surface area contributed by atoms with E-state index in [1.165, 1.54) is 44.1 Å². The minimum absolute atomic E-state index is 0.789. The molecule has 0 atom stereocenters. The molecule has 0 aliphatic heterocycles. The van der Waals surface area contributed by atoms with E-state index in [0.29, 0.717) is 0 Å². The summed E-state index contributed by atoms with van der Waals surface area (Å²) >= 11 is 0. The van der Waals surface area contributed by atoms with E-state index < -0.39 is 0 Å². The molecule has 0 saturated heterocycles. The fourth-order valence-corrected chi connectivity index (χ4v) is 2.55. The molecule has 0 spiro atoms. The Bertz CT molecular complexity index is 178. The van der Waals surface area contributed by atoms with E-state index in [4.69, 9.17) is 0 Å². The van der Waals surface area contributed by atoms with Crippen LogP contribution in [-0.4, -0.2) is 12.6 Å². The van der Waals surface area contributed by atoms with Gasteiger partial charge < -0.3 is 5.32 Å². The zero-order valence-electron chi connectivity index (χ0n) is 10.5. The lowest BCUT2D eigenvalue weighted by Crippen LogP contribution is -2.33. The maximum Gasteiger partial charge on any atom is 0.00673 e. The van der Waals surface area contributed by atoms with Crippen LogP contribution in [0.3, 0.4) is 0 Å². The topological polar surface area (TPSA) is 12.0 Å². The Hall–Kier alpha value is -0.300. The van der Waals surface area contributed by atoms with Gasteiger partial charge >= 0.3 is 0 Å². The molecule has 0 aromatic heterocycles. The Morgan fingerprint density at radius 2 is 1.93 bits per heavy atom. The summed E-state index contributed by atoms with van der Waals surface area (Å²) in [6, 6.07) is 0.789. The molecule has 1 aliphatic rings. The van der Waals surface area contributed by atoms with Crippen molar-refractivity contribution < 1.29 is 0 Å². The molecule has 1 saturated carbocycles. The molecule has 0 bridgehead atoms. The van der Waals surface area contributed by atoms with Crippen LogP contribution in [0.5, 0.6) is 0 Å². The van der Waals surface area contributed by atoms with Crippen molar-refractivity contribution in [3.05, 3.63) is 12.2 Å². The molecule has 1 nitrogen and oxygen atoms in total. The van der Waals surface area contributed by atoms with Crippen LogP contribution < -0.4 is 5.32 Å². The van der Waals surface area contributed by atoms with Gasteiger partial charge in [-0.15, -0.1) is 6.58 Å². The Kier molecular flexibility index (Phi) is 6.00. The van der Waals surface area contributed by atoms with E-state index in [0.717, 1.165) is 24.9 Å². The SMILES string of the molecule is C=C(C)CCNC1CCC(CCC)CC1. The highest BCUT2D eigenvalue weighted by molar-refractivity contribution is 4.89. The van der Waals surface area contributed by atoms with Crippen molar-refractivity contribution >= 4 is 0 Å². The molecular formula is C14H27N. The smallest absolute Gasteiger partial charge is 0.00673 e. The van der Waals surface area contributed by atoms with Gasteiger partial charge in [-0.25, -0.2) is 0 Å². The van der Waals surface area contributed by atoms with Gasteiger partial charge in [0.2, 0.25) is 0 Å². The second-order valence-electron chi connectivity index (χ2n) is 5.17. The molecule has 0 aromatic carbocycles. The standard InChI is InChI=1S/C14H27N/c1-4-5-13-6-8-14(9-7-13)15-11-10-12(2)3/h13-15H,2,4-11H2,1,3H3. The zero-order chi connectivity index (χ0) is 11.1. The first-order valence-corrected chi connectivity index (χ1v) is 6.60. The Labute approximate surface area is 95.3 Å². The summed E-state index contributed by atoms with van der Waals surface area (Å²) < 4.78 is 0. The van der Waals surface area contributed by atoms with Crippen LogP contribution in [0.2, 0.25) is 0 Å². The molecule has 0 radical (unpaired) electrons. The second kappa shape index (κ2) is 7.05. The normalized spacial score (nSPS) is 26.5. The summed E-state index contributed by atoms with van der Waals surface area (Å²) in [5.41, 5.74) is 1.29. The average Bonchev–Trinajstić information content (AvgIpc) is 2.20. The molecule has 1 N–H and O–H groups in total. The molecule has 0 amide bonds. The van der Waals surface area contributed by atoms with Gasteiger partial charge in [0.25, 0.3) is 0 Å². The fourth-order valence-electron chi connectivity index (χ4n) is 2.55. The van der Waals surface area contributed by atoms with Crippen molar-refractivity contribution in [3.8, 4) is 0 Å². The molecule has 0 heterocycles. The van der Waals surface area contributed by atoms with Crippen molar-refractivity contribution in [3.63, 3.8) is 0 Å². The third-order valence-electron chi connectivity index (χ3n) is 3.53. The van der Waals surface area contributed by atoms with Crippen LogP contribution in [-0.2, 0) is 0 Å². The molecule has 88 valence electrons. The molecule has 1 rings (SSSR count). The maximum absolute atomic E-state index is 3.93. The summed E-state index contributed by atoms with van der Waals surface area (Å²) in [4.78, 5) is 0. The molecule has 15 heavy (non-hydrogen) atoms. The van der Waals surface area contributed by atoms with Crippen LogP contribution >= 0.6 is 0 Å². The van der Waals surface area contributed by atoms with Crippen LogP contribution in [0, 0.1) is 5.92 Å². The summed E-state index contributed by atoms with van der Waals surface area (Å²) in [6.07, 6.45) is 9.60. The van der Waals surface area contributed by atoms with Crippen molar-refractivity contribution in [2.24, 2.45) is 5.92 Å². The highest BCUT2D eigenvalue weighted by Gasteiger charge is 2.19. The van der Waals surface area contributed by atoms with Gasteiger partial charge in [0, 0.05) is 6.04 Å². The van der Waals surface area contributed by atoms with E-state index >= 15 is 0 Å². The first-order chi connectivity index (χ1) is 7.22. The van der Waals surface area contributed by atoms with E-state index in [1.54, 1.807) is 0 Å². The van der Waals surface area contributed by atoms with Crippen molar-refractivity contribution in [2.75, 3.05) is 6.54 Å². The van der Waals surface area contributed by atoms with Gasteiger partial charge in [-0.3, -0.25) is 0 Å². The summed E-state index contributed by atoms with van der Waals surface area (Å²) in [6.45, 7) is 9.47. The van der Waals surface area contributed by atoms with Crippen molar-refractivity contribution in [2.45, 2.75) is 64.8 Å². The van der Waals surface area contributed by atoms with Gasteiger partial charge in [0.05, 0.1) is 0 Å². The highest BCUT2D eigenvalue weighted by Crippen LogP contribution is 2.27. The minimum atomic E-state index is 0.789. The second-order valence-corrected chi connectivity index (χ2v) is 5.17. The lowest BCUT2D eigenvalue weighted by Gasteiger charge is -2.29. The predicted octanol–water partition coefficient (Wildman–Crippen LogP) is 3.90. The Morgan fingerprint density at radius 1 is 1.27 bits per heavy atom. The molecule has 1 fully saturated rings. The highest BCUT2D eigenvalue weighted by atomic mass is 14.9. The van der Waals surface area contributed by atoms with Crippen LogP contribution in [0.1, 0.15) is 58.8 Å². The number of nitrogens with one attached hydrogen (secondary N) is 1. The number of hydrogen-bond donors (Lipinski definition) is 1. The van der Waals surface area contributed by atoms with Gasteiger partial charge in [-0.05, 0) is 51.5 Å². The van der Waals surface area contributed by atoms with Gasteiger partial charge in [-0.2, -0.15) is 0 Å². The quantitative estimate of drug-likeness (QED) is 0.654. The summed E-state index contributed by atoms with van der Waals surface area (Å²) in [5.74, 6) is 1.02. The molecule has 1 heteroatoms. The average molecular weight is 209 g/mol. The van der Waals surface area contributed by atoms with Gasteiger partial charge in [0.1, 0.15) is 0 Å². The van der Waals surface area contributed by atoms with E-state index in [9.17, 15) is 0 Å². The third kappa shape index (κ3) is 5.36. The first kappa shape index (κ1) is 12.8. The van der Waals surface area contributed by atoms with Crippen LogP contribution in [0.4, 0.5) is 0 Å². The maximum atomic E-state index is 3.93. The molecule has 0 aromatic rings. The molecular weight excluding hydrogens is 182 g/mol. The van der Waals surface area contributed by atoms with E-state index in [1.807, 2.05) is 0 Å². The third-order valence-corrected chi connectivity index (χ3v) is 3.53. The summed E-state index contributed by atoms with van der Waals surface area (Å²) in [7, 11) is 0. The Morgan fingerprint density at radius 3 is 2.47 bits per heavy atom. The van der Waals surface area contributed by atoms with Crippen LogP contribution in [0.15, 0.2) is 12.2 Å². The Balaban J connectivity index is 2.06. The molecule has 0 unspecified atom stereocenters. The predicted molar refractivity (Wildman–Crippen MR) is 68.1 cm³/mol. The molecule has 1 aliphatic carbocycles. The monoisotopic (exact) mass is 209 g/mol. The zero-order valence-corrected chi connectivity index (χ0v) is 10.5. The fraction of sp³-hybridized carbons (Fsp3) is 0.857. The first-order valence-electron chi connectivity index (χ1n) is 6.60. The lowest BCUT2D eigenvalue weighted by atomic mass is 9.83. The van der Waals surface area contributed by atoms with Crippen molar-refractivity contribution in [1.29, 1.82) is 0 Å². The number of rotatable bonds is 6. The van der Waals surface area contributed by atoms with E-state index in [-0.39, 0.29) is 0 Å². The van der Waals surface area contributed by atoms with E-state index in [2.05, 4.69) is 25.7 Å².